The zero-order valence-corrected chi connectivity index (χ0v) is 21.2. The molecule has 1 saturated carbocycles. The van der Waals surface area contributed by atoms with E-state index in [4.69, 9.17) is 9.84 Å². The van der Waals surface area contributed by atoms with Gasteiger partial charge in [-0.15, -0.1) is 0 Å². The monoisotopic (exact) mass is 493 g/mol. The normalized spacial score (nSPS) is 25.1. The number of hydrogen-bond donors (Lipinski definition) is 1. The first-order valence-corrected chi connectivity index (χ1v) is 13.1. The SMILES string of the molecule is Cc1cccc(N2CCN(C(=O)Cn3nc(C(=O)N4CCOCC4CO)c4c3C[C@H]3CC43)CC2)c1C. The first-order valence-electron chi connectivity index (χ1n) is 13.1. The molecule has 3 atom stereocenters. The van der Waals surface area contributed by atoms with Gasteiger partial charge >= 0.3 is 0 Å². The van der Waals surface area contributed by atoms with E-state index in [1.165, 1.54) is 16.8 Å². The summed E-state index contributed by atoms with van der Waals surface area (Å²) in [5, 5.41) is 14.5. The highest BCUT2D eigenvalue weighted by Gasteiger charge is 2.51. The number of rotatable bonds is 5. The van der Waals surface area contributed by atoms with E-state index in [-0.39, 0.29) is 31.0 Å². The largest absolute Gasteiger partial charge is 0.394 e. The molecule has 2 aliphatic heterocycles. The summed E-state index contributed by atoms with van der Waals surface area (Å²) in [5.74, 6) is 0.873. The first-order chi connectivity index (χ1) is 17.5. The lowest BCUT2D eigenvalue weighted by Gasteiger charge is -2.37. The second-order valence-corrected chi connectivity index (χ2v) is 10.7. The van der Waals surface area contributed by atoms with Gasteiger partial charge in [0.05, 0.1) is 25.9 Å². The molecule has 1 N–H and O–H groups in total. The average molecular weight is 494 g/mol. The van der Waals surface area contributed by atoms with Crippen molar-refractivity contribution < 1.29 is 19.4 Å². The molecule has 0 radical (unpaired) electrons. The molecular weight excluding hydrogens is 458 g/mol. The van der Waals surface area contributed by atoms with Crippen molar-refractivity contribution in [2.24, 2.45) is 5.92 Å². The predicted molar refractivity (Wildman–Crippen MR) is 134 cm³/mol. The van der Waals surface area contributed by atoms with Gasteiger partial charge in [0.25, 0.3) is 5.91 Å². The van der Waals surface area contributed by atoms with Crippen LogP contribution in [-0.4, -0.2) is 95.1 Å². The number of benzene rings is 1. The number of aromatic nitrogens is 2. The quantitative estimate of drug-likeness (QED) is 0.676. The van der Waals surface area contributed by atoms with Gasteiger partial charge in [0.15, 0.2) is 5.69 Å². The molecule has 0 bridgehead atoms. The molecule has 3 fully saturated rings. The summed E-state index contributed by atoms with van der Waals surface area (Å²) in [6.45, 7) is 8.55. The Morgan fingerprint density at radius 3 is 2.72 bits per heavy atom. The van der Waals surface area contributed by atoms with Crippen molar-refractivity contribution >= 4 is 17.5 Å². The van der Waals surface area contributed by atoms with Crippen LogP contribution in [0.15, 0.2) is 18.2 Å². The zero-order chi connectivity index (χ0) is 25.0. The highest BCUT2D eigenvalue weighted by Crippen LogP contribution is 2.57. The van der Waals surface area contributed by atoms with Crippen molar-refractivity contribution in [1.82, 2.24) is 19.6 Å². The lowest BCUT2D eigenvalue weighted by atomic mass is 10.1. The first kappa shape index (κ1) is 23.5. The molecule has 2 amide bonds. The van der Waals surface area contributed by atoms with E-state index in [2.05, 4.69) is 36.9 Å². The van der Waals surface area contributed by atoms with E-state index < -0.39 is 0 Å². The van der Waals surface area contributed by atoms with Crippen molar-refractivity contribution in [2.75, 3.05) is 57.4 Å². The summed E-state index contributed by atoms with van der Waals surface area (Å²) in [6.07, 6.45) is 1.99. The van der Waals surface area contributed by atoms with Crippen molar-refractivity contribution in [3.63, 3.8) is 0 Å². The Balaban J connectivity index is 1.16. The summed E-state index contributed by atoms with van der Waals surface area (Å²) in [4.78, 5) is 32.8. The molecule has 9 nitrogen and oxygen atoms in total. The number of aliphatic hydroxyl groups is 1. The van der Waals surface area contributed by atoms with Gasteiger partial charge in [0.1, 0.15) is 6.54 Å². The number of ether oxygens (including phenoxy) is 1. The lowest BCUT2D eigenvalue weighted by molar-refractivity contribution is -0.132. The number of amides is 2. The number of carbonyl (C=O) groups is 2. The lowest BCUT2D eigenvalue weighted by Crippen LogP contribution is -2.50. The summed E-state index contributed by atoms with van der Waals surface area (Å²) in [7, 11) is 0. The Labute approximate surface area is 211 Å². The number of piperazine rings is 1. The van der Waals surface area contributed by atoms with Crippen molar-refractivity contribution in [3.05, 3.63) is 46.3 Å². The zero-order valence-electron chi connectivity index (χ0n) is 21.2. The number of morpholine rings is 1. The van der Waals surface area contributed by atoms with Crippen molar-refractivity contribution in [2.45, 2.75) is 45.2 Å². The van der Waals surface area contributed by atoms with Crippen LogP contribution in [0.3, 0.4) is 0 Å². The molecule has 2 aromatic rings. The fourth-order valence-electron chi connectivity index (χ4n) is 6.19. The van der Waals surface area contributed by atoms with Gasteiger partial charge < -0.3 is 24.5 Å². The van der Waals surface area contributed by atoms with Crippen LogP contribution in [0.25, 0.3) is 0 Å². The Bertz CT molecular complexity index is 1190. The van der Waals surface area contributed by atoms with Gasteiger partial charge in [-0.3, -0.25) is 14.3 Å². The van der Waals surface area contributed by atoms with Crippen LogP contribution in [-0.2, 0) is 22.5 Å². The number of fused-ring (bicyclic) bond motifs is 3. The van der Waals surface area contributed by atoms with Gasteiger partial charge in [-0.2, -0.15) is 5.10 Å². The Morgan fingerprint density at radius 2 is 1.94 bits per heavy atom. The molecule has 192 valence electrons. The van der Waals surface area contributed by atoms with Gasteiger partial charge in [-0.1, -0.05) is 12.1 Å². The number of aryl methyl sites for hydroxylation is 1. The van der Waals surface area contributed by atoms with E-state index in [1.807, 2.05) is 4.90 Å². The van der Waals surface area contributed by atoms with Gasteiger partial charge in [0, 0.05) is 49.7 Å². The van der Waals surface area contributed by atoms with Gasteiger partial charge in [-0.25, -0.2) is 0 Å². The van der Waals surface area contributed by atoms with E-state index in [1.54, 1.807) is 9.58 Å². The minimum Gasteiger partial charge on any atom is -0.394 e. The number of nitrogens with zero attached hydrogens (tertiary/aromatic N) is 5. The average Bonchev–Trinajstić information content (AvgIpc) is 3.43. The highest BCUT2D eigenvalue weighted by atomic mass is 16.5. The molecule has 2 saturated heterocycles. The molecule has 1 aromatic heterocycles. The Morgan fingerprint density at radius 1 is 1.14 bits per heavy atom. The third kappa shape index (κ3) is 3.98. The van der Waals surface area contributed by atoms with Gasteiger partial charge in [-0.05, 0) is 55.7 Å². The summed E-state index contributed by atoms with van der Waals surface area (Å²) in [5.41, 5.74) is 6.39. The minimum atomic E-state index is -0.349. The third-order valence-electron chi connectivity index (χ3n) is 8.58. The van der Waals surface area contributed by atoms with Crippen LogP contribution in [0.5, 0.6) is 0 Å². The third-order valence-corrected chi connectivity index (χ3v) is 8.58. The standard InChI is InChI=1S/C27H35N5O4/c1-17-4-3-5-22(18(17)2)29-6-8-30(9-7-29)24(34)14-32-23-13-19-12-21(19)25(23)26(28-32)27(35)31-10-11-36-16-20(31)15-33/h3-5,19-21,33H,6-16H2,1-2H3/t19-,20?,21?/m1/s1. The maximum absolute atomic E-state index is 13.5. The number of hydrogen-bond acceptors (Lipinski definition) is 6. The maximum Gasteiger partial charge on any atom is 0.275 e. The molecule has 4 aliphatic rings. The fourth-order valence-corrected chi connectivity index (χ4v) is 6.19. The number of carbonyl (C=O) groups excluding carboxylic acids is 2. The van der Waals surface area contributed by atoms with E-state index >= 15 is 0 Å². The smallest absolute Gasteiger partial charge is 0.275 e. The van der Waals surface area contributed by atoms with Crippen molar-refractivity contribution in [3.8, 4) is 0 Å². The Kier molecular flexibility index (Phi) is 6.00. The molecule has 2 unspecified atom stereocenters. The molecule has 2 aliphatic carbocycles. The molecule has 1 aromatic carbocycles. The summed E-state index contributed by atoms with van der Waals surface area (Å²) >= 11 is 0. The van der Waals surface area contributed by atoms with E-state index in [0.717, 1.165) is 37.2 Å². The van der Waals surface area contributed by atoms with Crippen LogP contribution in [0.2, 0.25) is 0 Å². The molecule has 0 spiro atoms. The van der Waals surface area contributed by atoms with Crippen LogP contribution < -0.4 is 4.90 Å². The van der Waals surface area contributed by atoms with Crippen LogP contribution in [0.1, 0.15) is 45.2 Å². The van der Waals surface area contributed by atoms with E-state index in [0.29, 0.717) is 50.4 Å². The fraction of sp³-hybridized carbons (Fsp3) is 0.593. The molecular formula is C27H35N5O4. The summed E-state index contributed by atoms with van der Waals surface area (Å²) in [6, 6.07) is 6.04. The topological polar surface area (TPSA) is 91.1 Å². The molecule has 6 rings (SSSR count). The minimum absolute atomic E-state index is 0.0556. The maximum atomic E-state index is 13.5. The van der Waals surface area contributed by atoms with Gasteiger partial charge in [0.2, 0.25) is 5.91 Å². The molecule has 3 heterocycles. The molecule has 36 heavy (non-hydrogen) atoms. The van der Waals surface area contributed by atoms with Crippen LogP contribution >= 0.6 is 0 Å². The number of anilines is 1. The second kappa shape index (κ2) is 9.19. The second-order valence-electron chi connectivity index (χ2n) is 10.7. The molecule has 9 heteroatoms. The number of aliphatic hydroxyl groups excluding tert-OH is 1. The van der Waals surface area contributed by atoms with Crippen molar-refractivity contribution in [1.29, 1.82) is 0 Å². The van der Waals surface area contributed by atoms with Crippen LogP contribution in [0.4, 0.5) is 5.69 Å². The highest BCUT2D eigenvalue weighted by molar-refractivity contribution is 5.95. The Hall–Kier alpha value is -2.91. The summed E-state index contributed by atoms with van der Waals surface area (Å²) < 4.78 is 7.25. The predicted octanol–water partition coefficient (Wildman–Crippen LogP) is 1.34. The van der Waals surface area contributed by atoms with E-state index in [9.17, 15) is 14.7 Å². The van der Waals surface area contributed by atoms with Crippen LogP contribution in [0, 0.1) is 19.8 Å².